The zero-order valence-electron chi connectivity index (χ0n) is 20.4. The average molecular weight is 471 g/mol. The van der Waals surface area contributed by atoms with E-state index in [1.165, 1.54) is 11.1 Å². The summed E-state index contributed by atoms with van der Waals surface area (Å²) in [7, 11) is 0. The molecule has 1 heterocycles. The third-order valence-electron chi connectivity index (χ3n) is 6.61. The third kappa shape index (κ3) is 5.62. The maximum atomic E-state index is 11.2. The van der Waals surface area contributed by atoms with Gasteiger partial charge in [0.1, 0.15) is 5.75 Å². The third-order valence-corrected chi connectivity index (χ3v) is 6.89. The molecule has 1 aliphatic heterocycles. The van der Waals surface area contributed by atoms with Gasteiger partial charge in [0.2, 0.25) is 0 Å². The van der Waals surface area contributed by atoms with E-state index in [2.05, 4.69) is 71.5 Å². The van der Waals surface area contributed by atoms with Crippen molar-refractivity contribution in [2.75, 3.05) is 6.61 Å². The topological polar surface area (TPSA) is 55.8 Å². The molecule has 2 aromatic rings. The smallest absolute Gasteiger partial charge is 0.341 e. The summed E-state index contributed by atoms with van der Waals surface area (Å²) in [5.41, 5.74) is 5.25. The first-order valence-corrected chi connectivity index (χ1v) is 11.8. The highest BCUT2D eigenvalue weighted by Crippen LogP contribution is 2.50. The van der Waals surface area contributed by atoms with Crippen molar-refractivity contribution < 1.29 is 19.4 Å². The summed E-state index contributed by atoms with van der Waals surface area (Å²) in [6, 6.07) is 12.4. The first kappa shape index (κ1) is 25.3. The van der Waals surface area contributed by atoms with Crippen LogP contribution in [-0.4, -0.2) is 23.8 Å². The van der Waals surface area contributed by atoms with E-state index >= 15 is 0 Å². The maximum absolute atomic E-state index is 11.2. The second-order valence-electron chi connectivity index (χ2n) is 10.2. The Hall–Kier alpha value is -2.30. The molecule has 3 rings (SSSR count). The van der Waals surface area contributed by atoms with Crippen molar-refractivity contribution in [3.8, 4) is 5.75 Å². The van der Waals surface area contributed by atoms with Crippen LogP contribution in [0, 0.1) is 12.8 Å². The minimum absolute atomic E-state index is 0.0317. The van der Waals surface area contributed by atoms with Crippen molar-refractivity contribution in [1.29, 1.82) is 0 Å². The molecule has 1 aliphatic rings. The first-order chi connectivity index (χ1) is 15.4. The lowest BCUT2D eigenvalue weighted by atomic mass is 9.74. The number of aliphatic carboxylic acids is 1. The van der Waals surface area contributed by atoms with Gasteiger partial charge >= 0.3 is 5.97 Å². The van der Waals surface area contributed by atoms with Crippen LogP contribution in [-0.2, 0) is 14.9 Å². The summed E-state index contributed by atoms with van der Waals surface area (Å²) in [5.74, 6) is -0.408. The number of halogens is 1. The Morgan fingerprint density at radius 3 is 2.48 bits per heavy atom. The molecule has 0 amide bonds. The Kier molecular flexibility index (Phi) is 7.60. The molecule has 5 heteroatoms. The van der Waals surface area contributed by atoms with Crippen molar-refractivity contribution in [3.05, 3.63) is 75.8 Å². The van der Waals surface area contributed by atoms with Gasteiger partial charge in [0.15, 0.2) is 6.61 Å². The Morgan fingerprint density at radius 2 is 1.91 bits per heavy atom. The average Bonchev–Trinajstić information content (AvgIpc) is 2.71. The summed E-state index contributed by atoms with van der Waals surface area (Å²) in [5, 5.41) is 9.61. The monoisotopic (exact) mass is 470 g/mol. The van der Waals surface area contributed by atoms with Crippen LogP contribution < -0.4 is 4.74 Å². The second kappa shape index (κ2) is 9.90. The molecule has 4 nitrogen and oxygen atoms in total. The largest absolute Gasteiger partial charge is 0.480 e. The summed E-state index contributed by atoms with van der Waals surface area (Å²) in [6.07, 6.45) is 0.499. The quantitative estimate of drug-likeness (QED) is 0.452. The number of hydrogen-bond donors (Lipinski definition) is 1. The molecular weight excluding hydrogens is 436 g/mol. The minimum Gasteiger partial charge on any atom is -0.480 e. The van der Waals surface area contributed by atoms with Gasteiger partial charge in [-0.05, 0) is 61.4 Å². The molecule has 0 spiro atoms. The number of carboxylic acid groups (broad SMARTS) is 1. The van der Waals surface area contributed by atoms with Crippen LogP contribution in [0.4, 0.5) is 0 Å². The molecular formula is C28H35ClO4. The SMILES string of the molecule is C=C(C)[C@@H]1C[C@H](c2ccccc2C)[C@H](C)O[C@@H]1c1cc(C(C)(C)C)cc(Cl)c1OCC(=O)O. The number of carbonyl (C=O) groups is 1. The van der Waals surface area contributed by atoms with Gasteiger partial charge in [-0.1, -0.05) is 68.8 Å². The van der Waals surface area contributed by atoms with Crippen molar-refractivity contribution in [2.24, 2.45) is 5.92 Å². The Morgan fingerprint density at radius 1 is 1.24 bits per heavy atom. The molecule has 0 radical (unpaired) electrons. The van der Waals surface area contributed by atoms with Crippen molar-refractivity contribution >= 4 is 17.6 Å². The molecule has 0 aromatic heterocycles. The number of carboxylic acids is 1. The van der Waals surface area contributed by atoms with Gasteiger partial charge in [-0.2, -0.15) is 0 Å². The summed E-state index contributed by atoms with van der Waals surface area (Å²) >= 11 is 6.66. The molecule has 4 atom stereocenters. The molecule has 0 saturated carbocycles. The van der Waals surface area contributed by atoms with Gasteiger partial charge in [0.05, 0.1) is 17.2 Å². The van der Waals surface area contributed by atoms with E-state index in [1.54, 1.807) is 0 Å². The lowest BCUT2D eigenvalue weighted by molar-refractivity contribution is -0.139. The van der Waals surface area contributed by atoms with Crippen molar-refractivity contribution in [3.63, 3.8) is 0 Å². The van der Waals surface area contributed by atoms with Crippen LogP contribution in [0.1, 0.15) is 75.3 Å². The fraction of sp³-hybridized carbons (Fsp3) is 0.464. The summed E-state index contributed by atoms with van der Waals surface area (Å²) in [4.78, 5) is 11.2. The molecule has 178 valence electrons. The van der Waals surface area contributed by atoms with Gasteiger partial charge in [-0.15, -0.1) is 0 Å². The van der Waals surface area contributed by atoms with Crippen LogP contribution in [0.3, 0.4) is 0 Å². The predicted molar refractivity (Wildman–Crippen MR) is 133 cm³/mol. The standard InChI is InChI=1S/C28H35ClO4/c1-16(2)21-14-22(20-11-9-8-10-17(20)3)18(4)33-26(21)23-12-19(28(5,6)7)13-24(29)27(23)32-15-25(30)31/h8-13,18,21-22,26H,1,14-15H2,2-7H3,(H,30,31)/t18-,21-,22-,26-/m0/s1. The fourth-order valence-electron chi connectivity index (χ4n) is 4.69. The van der Waals surface area contributed by atoms with Crippen LogP contribution in [0.2, 0.25) is 5.02 Å². The molecule has 1 N–H and O–H groups in total. The zero-order valence-corrected chi connectivity index (χ0v) is 21.2. The molecule has 0 bridgehead atoms. The van der Waals surface area contributed by atoms with E-state index in [0.29, 0.717) is 10.8 Å². The molecule has 2 aromatic carbocycles. The number of aryl methyl sites for hydroxylation is 1. The Balaban J connectivity index is 2.09. The predicted octanol–water partition coefficient (Wildman–Crippen LogP) is 7.24. The van der Waals surface area contributed by atoms with Gasteiger partial charge in [0.25, 0.3) is 0 Å². The summed E-state index contributed by atoms with van der Waals surface area (Å²) in [6.45, 7) is 16.4. The molecule has 1 saturated heterocycles. The zero-order chi connectivity index (χ0) is 24.5. The number of benzene rings is 2. The number of hydrogen-bond acceptors (Lipinski definition) is 3. The lowest BCUT2D eigenvalue weighted by Gasteiger charge is -2.42. The molecule has 1 fully saturated rings. The van der Waals surface area contributed by atoms with Crippen LogP contribution >= 0.6 is 11.6 Å². The number of rotatable bonds is 6. The second-order valence-corrected chi connectivity index (χ2v) is 10.6. The lowest BCUT2D eigenvalue weighted by Crippen LogP contribution is -2.35. The molecule has 0 unspecified atom stereocenters. The maximum Gasteiger partial charge on any atom is 0.341 e. The van der Waals surface area contributed by atoms with Crippen LogP contribution in [0.25, 0.3) is 0 Å². The van der Waals surface area contributed by atoms with Gasteiger partial charge in [0, 0.05) is 17.4 Å². The number of ether oxygens (including phenoxy) is 2. The normalized spacial score (nSPS) is 23.2. The van der Waals surface area contributed by atoms with E-state index in [9.17, 15) is 9.90 Å². The van der Waals surface area contributed by atoms with Crippen molar-refractivity contribution in [1.82, 2.24) is 0 Å². The van der Waals surface area contributed by atoms with E-state index in [1.807, 2.05) is 13.0 Å². The van der Waals surface area contributed by atoms with Crippen LogP contribution in [0.15, 0.2) is 48.6 Å². The van der Waals surface area contributed by atoms with E-state index in [-0.39, 0.29) is 29.5 Å². The highest BCUT2D eigenvalue weighted by Gasteiger charge is 2.40. The van der Waals surface area contributed by atoms with E-state index in [0.717, 1.165) is 23.1 Å². The van der Waals surface area contributed by atoms with E-state index < -0.39 is 12.6 Å². The highest BCUT2D eigenvalue weighted by molar-refractivity contribution is 6.32. The minimum atomic E-state index is -1.05. The van der Waals surface area contributed by atoms with Gasteiger partial charge in [-0.25, -0.2) is 4.79 Å². The Bertz CT molecular complexity index is 1040. The van der Waals surface area contributed by atoms with E-state index in [4.69, 9.17) is 21.1 Å². The summed E-state index contributed by atoms with van der Waals surface area (Å²) < 4.78 is 12.4. The molecule has 0 aliphatic carbocycles. The van der Waals surface area contributed by atoms with Gasteiger partial charge < -0.3 is 14.6 Å². The van der Waals surface area contributed by atoms with Crippen LogP contribution in [0.5, 0.6) is 5.75 Å². The molecule has 33 heavy (non-hydrogen) atoms. The fourth-order valence-corrected chi connectivity index (χ4v) is 4.97. The first-order valence-electron chi connectivity index (χ1n) is 11.4. The van der Waals surface area contributed by atoms with Crippen molar-refractivity contribution in [2.45, 2.75) is 71.5 Å². The Labute approximate surface area is 202 Å². The highest BCUT2D eigenvalue weighted by atomic mass is 35.5. The van der Waals surface area contributed by atoms with Gasteiger partial charge in [-0.3, -0.25) is 0 Å².